The highest BCUT2D eigenvalue weighted by atomic mass is 79.9. The van der Waals surface area contributed by atoms with Gasteiger partial charge in [0.15, 0.2) is 6.10 Å². The largest absolute Gasteiger partial charge is 0.479 e. The zero-order valence-electron chi connectivity index (χ0n) is 12.1. The van der Waals surface area contributed by atoms with E-state index in [-0.39, 0.29) is 6.04 Å². The summed E-state index contributed by atoms with van der Waals surface area (Å²) in [5.74, 6) is -0.285. The average molecular weight is 344 g/mol. The first-order valence-electron chi connectivity index (χ1n) is 6.79. The van der Waals surface area contributed by atoms with E-state index in [0.717, 1.165) is 22.0 Å². The van der Waals surface area contributed by atoms with Gasteiger partial charge in [-0.2, -0.15) is 0 Å². The van der Waals surface area contributed by atoms with E-state index in [2.05, 4.69) is 15.9 Å². The van der Waals surface area contributed by atoms with Gasteiger partial charge in [-0.05, 0) is 49.9 Å². The molecule has 0 heterocycles. The summed E-state index contributed by atoms with van der Waals surface area (Å²) in [7, 11) is 0. The van der Waals surface area contributed by atoms with Crippen LogP contribution < -0.4 is 10.5 Å². The van der Waals surface area contributed by atoms with Gasteiger partial charge in [-0.1, -0.05) is 29.3 Å². The number of carbonyl (C=O) groups is 1. The van der Waals surface area contributed by atoms with Crippen LogP contribution in [-0.4, -0.2) is 23.2 Å². The predicted molar refractivity (Wildman–Crippen MR) is 83.2 cm³/mol. The minimum atomic E-state index is -0.930. The Morgan fingerprint density at radius 2 is 2.15 bits per heavy atom. The van der Waals surface area contributed by atoms with Crippen molar-refractivity contribution in [2.75, 3.05) is 0 Å². The van der Waals surface area contributed by atoms with E-state index >= 15 is 0 Å². The summed E-state index contributed by atoms with van der Waals surface area (Å²) >= 11 is 3.45. The molecule has 20 heavy (non-hydrogen) atoms. The Kier molecular flexibility index (Phi) is 6.49. The first-order valence-corrected chi connectivity index (χ1v) is 7.58. The van der Waals surface area contributed by atoms with Crippen LogP contribution >= 0.6 is 15.9 Å². The van der Waals surface area contributed by atoms with Gasteiger partial charge in [0.2, 0.25) is 0 Å². The lowest BCUT2D eigenvalue weighted by molar-refractivity contribution is -0.145. The Bertz CT molecular complexity index is 474. The Labute approximate surface area is 128 Å². The highest BCUT2D eigenvalue weighted by Gasteiger charge is 2.21. The molecule has 5 heteroatoms. The number of hydrogen-bond donors (Lipinski definition) is 2. The van der Waals surface area contributed by atoms with Crippen LogP contribution in [-0.2, 0) is 11.2 Å². The minimum absolute atomic E-state index is 0.0134. The fourth-order valence-electron chi connectivity index (χ4n) is 2.10. The number of benzene rings is 1. The zero-order valence-corrected chi connectivity index (χ0v) is 13.7. The number of ether oxygens (including phenoxy) is 1. The molecule has 3 N–H and O–H groups in total. The van der Waals surface area contributed by atoms with Crippen molar-refractivity contribution in [2.45, 2.75) is 52.2 Å². The van der Waals surface area contributed by atoms with Crippen molar-refractivity contribution in [3.63, 3.8) is 0 Å². The van der Waals surface area contributed by atoms with E-state index in [1.54, 1.807) is 0 Å². The monoisotopic (exact) mass is 343 g/mol. The molecule has 0 bridgehead atoms. The van der Waals surface area contributed by atoms with Gasteiger partial charge in [-0.25, -0.2) is 4.79 Å². The molecule has 0 radical (unpaired) electrons. The third-order valence-corrected chi connectivity index (χ3v) is 3.40. The Hall–Kier alpha value is -1.07. The maximum atomic E-state index is 11.2. The molecule has 2 unspecified atom stereocenters. The van der Waals surface area contributed by atoms with E-state index in [4.69, 9.17) is 10.5 Å². The van der Waals surface area contributed by atoms with Crippen LogP contribution in [0.15, 0.2) is 16.6 Å². The summed E-state index contributed by atoms with van der Waals surface area (Å²) in [5, 5.41) is 9.22. The van der Waals surface area contributed by atoms with Gasteiger partial charge < -0.3 is 15.6 Å². The van der Waals surface area contributed by atoms with Crippen LogP contribution in [0.1, 0.15) is 37.8 Å². The van der Waals surface area contributed by atoms with E-state index < -0.39 is 12.1 Å². The van der Waals surface area contributed by atoms with Crippen molar-refractivity contribution in [1.29, 1.82) is 0 Å². The number of halogens is 1. The number of aryl methyl sites for hydroxylation is 1. The average Bonchev–Trinajstić information content (AvgIpc) is 2.30. The molecule has 0 aliphatic carbocycles. The third-order valence-electron chi connectivity index (χ3n) is 2.94. The van der Waals surface area contributed by atoms with E-state index in [1.165, 1.54) is 0 Å². The Morgan fingerprint density at radius 1 is 1.50 bits per heavy atom. The highest BCUT2D eigenvalue weighted by Crippen LogP contribution is 2.30. The molecular weight excluding hydrogens is 322 g/mol. The van der Waals surface area contributed by atoms with Gasteiger partial charge in [0.05, 0.1) is 0 Å². The quantitative estimate of drug-likeness (QED) is 0.796. The minimum Gasteiger partial charge on any atom is -0.479 e. The standard InChI is InChI=1S/C15H22BrNO3/c1-4-5-13(15(18)19)20-14-9(2)6-12(16)8-11(14)7-10(3)17/h6,8,10,13H,4-5,7,17H2,1-3H3,(H,18,19). The topological polar surface area (TPSA) is 72.5 Å². The van der Waals surface area contributed by atoms with Crippen molar-refractivity contribution in [2.24, 2.45) is 5.73 Å². The second-order valence-corrected chi connectivity index (χ2v) is 6.04. The number of aliphatic carboxylic acids is 1. The molecule has 0 amide bonds. The molecule has 112 valence electrons. The van der Waals surface area contributed by atoms with Crippen molar-refractivity contribution in [3.8, 4) is 5.75 Å². The fourth-order valence-corrected chi connectivity index (χ4v) is 2.72. The number of carboxylic acids is 1. The van der Waals surface area contributed by atoms with Gasteiger partial charge in [-0.3, -0.25) is 0 Å². The molecule has 0 spiro atoms. The third kappa shape index (κ3) is 4.80. The molecule has 0 aliphatic heterocycles. The summed E-state index contributed by atoms with van der Waals surface area (Å²) < 4.78 is 6.70. The molecule has 0 aliphatic rings. The molecule has 0 saturated heterocycles. The van der Waals surface area contributed by atoms with E-state index in [1.807, 2.05) is 32.9 Å². The summed E-state index contributed by atoms with van der Waals surface area (Å²) in [5.41, 5.74) is 7.71. The van der Waals surface area contributed by atoms with Crippen molar-refractivity contribution in [1.82, 2.24) is 0 Å². The van der Waals surface area contributed by atoms with Gasteiger partial charge in [0, 0.05) is 10.5 Å². The second-order valence-electron chi connectivity index (χ2n) is 5.13. The number of nitrogens with two attached hydrogens (primary N) is 1. The van der Waals surface area contributed by atoms with E-state index in [0.29, 0.717) is 18.6 Å². The Balaban J connectivity index is 3.11. The van der Waals surface area contributed by atoms with Crippen LogP contribution in [0.3, 0.4) is 0 Å². The van der Waals surface area contributed by atoms with Gasteiger partial charge in [0.25, 0.3) is 0 Å². The molecule has 4 nitrogen and oxygen atoms in total. The van der Waals surface area contributed by atoms with Crippen LogP contribution in [0.5, 0.6) is 5.75 Å². The first-order chi connectivity index (χ1) is 9.35. The molecule has 0 fully saturated rings. The summed E-state index contributed by atoms with van der Waals surface area (Å²) in [4.78, 5) is 11.2. The zero-order chi connectivity index (χ0) is 15.3. The van der Waals surface area contributed by atoms with Crippen LogP contribution in [0.2, 0.25) is 0 Å². The summed E-state index contributed by atoms with van der Waals surface area (Å²) in [6, 6.07) is 3.85. The maximum absolute atomic E-state index is 11.2. The molecular formula is C15H22BrNO3. The van der Waals surface area contributed by atoms with Gasteiger partial charge >= 0.3 is 5.97 Å². The van der Waals surface area contributed by atoms with E-state index in [9.17, 15) is 9.90 Å². The molecule has 2 atom stereocenters. The predicted octanol–water partition coefficient (Wildman–Crippen LogP) is 3.28. The number of hydrogen-bond acceptors (Lipinski definition) is 3. The number of carboxylic acid groups (broad SMARTS) is 1. The first kappa shape index (κ1) is 17.0. The van der Waals surface area contributed by atoms with Crippen molar-refractivity contribution in [3.05, 3.63) is 27.7 Å². The van der Waals surface area contributed by atoms with Crippen LogP contribution in [0.25, 0.3) is 0 Å². The highest BCUT2D eigenvalue weighted by molar-refractivity contribution is 9.10. The number of rotatable bonds is 7. The SMILES string of the molecule is CCCC(Oc1c(C)cc(Br)cc1CC(C)N)C(=O)O. The molecule has 1 aromatic carbocycles. The summed E-state index contributed by atoms with van der Waals surface area (Å²) in [6.07, 6.45) is 1.08. The second kappa shape index (κ2) is 7.64. The van der Waals surface area contributed by atoms with Crippen LogP contribution in [0.4, 0.5) is 0 Å². The van der Waals surface area contributed by atoms with Crippen molar-refractivity contribution < 1.29 is 14.6 Å². The lowest BCUT2D eigenvalue weighted by atomic mass is 10.0. The molecule has 0 saturated carbocycles. The lowest BCUT2D eigenvalue weighted by Crippen LogP contribution is -2.28. The molecule has 0 aromatic heterocycles. The maximum Gasteiger partial charge on any atom is 0.344 e. The molecule has 1 rings (SSSR count). The van der Waals surface area contributed by atoms with Gasteiger partial charge in [-0.15, -0.1) is 0 Å². The fraction of sp³-hybridized carbons (Fsp3) is 0.533. The lowest BCUT2D eigenvalue weighted by Gasteiger charge is -2.20. The normalized spacial score (nSPS) is 13.8. The summed E-state index contributed by atoms with van der Waals surface area (Å²) in [6.45, 7) is 5.77. The Morgan fingerprint density at radius 3 is 2.65 bits per heavy atom. The van der Waals surface area contributed by atoms with Crippen molar-refractivity contribution >= 4 is 21.9 Å². The van der Waals surface area contributed by atoms with Gasteiger partial charge in [0.1, 0.15) is 5.75 Å². The van der Waals surface area contributed by atoms with Crippen LogP contribution in [0, 0.1) is 6.92 Å². The smallest absolute Gasteiger partial charge is 0.344 e. The molecule has 1 aromatic rings.